The fourth-order valence-corrected chi connectivity index (χ4v) is 5.88. The Morgan fingerprint density at radius 3 is 1.82 bits per heavy atom. The highest BCUT2D eigenvalue weighted by molar-refractivity contribution is 5.87. The SMILES string of the molecule is CC1(C)c2ccccc2N(c2cccc(-c3cccc(-c4nccc(-c5ccccc5)n4)c3)c2)c2ccccc21. The minimum absolute atomic E-state index is 0.0794. The van der Waals surface area contributed by atoms with Gasteiger partial charge in [0, 0.05) is 28.4 Å². The number of nitrogens with zero attached hydrogens (tertiary/aromatic N) is 3. The molecule has 1 aromatic heterocycles. The first-order valence-electron chi connectivity index (χ1n) is 13.7. The zero-order valence-electron chi connectivity index (χ0n) is 22.6. The lowest BCUT2D eigenvalue weighted by molar-refractivity contribution is 0.632. The highest BCUT2D eigenvalue weighted by Crippen LogP contribution is 2.51. The molecule has 0 bridgehead atoms. The van der Waals surface area contributed by atoms with Crippen molar-refractivity contribution in [3.05, 3.63) is 151 Å². The van der Waals surface area contributed by atoms with E-state index < -0.39 is 0 Å². The molecule has 40 heavy (non-hydrogen) atoms. The van der Waals surface area contributed by atoms with E-state index in [0.717, 1.165) is 39.5 Å². The summed E-state index contributed by atoms with van der Waals surface area (Å²) >= 11 is 0. The molecule has 2 heterocycles. The number of anilines is 3. The minimum Gasteiger partial charge on any atom is -0.310 e. The van der Waals surface area contributed by atoms with Gasteiger partial charge in [0.2, 0.25) is 0 Å². The number of hydrogen-bond acceptors (Lipinski definition) is 3. The van der Waals surface area contributed by atoms with Crippen LogP contribution in [0, 0.1) is 0 Å². The standard InChI is InChI=1S/C37H29N3/c1-37(2)31-18-6-8-20-34(31)40(35-21-9-7-19-32(35)37)30-17-11-15-28(25-30)27-14-10-16-29(24-27)36-38-23-22-33(39-36)26-12-4-3-5-13-26/h3-25H,1-2H3. The second kappa shape index (κ2) is 9.62. The van der Waals surface area contributed by atoms with Crippen LogP contribution < -0.4 is 4.90 Å². The molecule has 0 spiro atoms. The number of aromatic nitrogens is 2. The zero-order chi connectivity index (χ0) is 27.1. The highest BCUT2D eigenvalue weighted by atomic mass is 15.2. The summed E-state index contributed by atoms with van der Waals surface area (Å²) in [6.07, 6.45) is 1.84. The lowest BCUT2D eigenvalue weighted by atomic mass is 9.73. The van der Waals surface area contributed by atoms with Crippen molar-refractivity contribution in [2.24, 2.45) is 0 Å². The van der Waals surface area contributed by atoms with Crippen LogP contribution in [-0.2, 0) is 5.41 Å². The van der Waals surface area contributed by atoms with E-state index >= 15 is 0 Å². The van der Waals surface area contributed by atoms with Gasteiger partial charge in [-0.2, -0.15) is 0 Å². The van der Waals surface area contributed by atoms with E-state index in [4.69, 9.17) is 4.98 Å². The summed E-state index contributed by atoms with van der Waals surface area (Å²) in [6.45, 7) is 4.64. The molecule has 0 N–H and O–H groups in total. The number of para-hydroxylation sites is 2. The molecule has 0 amide bonds. The molecule has 7 rings (SSSR count). The molecule has 0 saturated carbocycles. The van der Waals surface area contributed by atoms with Gasteiger partial charge in [-0.05, 0) is 58.7 Å². The van der Waals surface area contributed by atoms with Crippen LogP contribution in [0.2, 0.25) is 0 Å². The van der Waals surface area contributed by atoms with Crippen LogP contribution >= 0.6 is 0 Å². The van der Waals surface area contributed by atoms with Crippen LogP contribution in [0.5, 0.6) is 0 Å². The summed E-state index contributed by atoms with van der Waals surface area (Å²) in [5.74, 6) is 0.723. The summed E-state index contributed by atoms with van der Waals surface area (Å²) in [7, 11) is 0. The lowest BCUT2D eigenvalue weighted by Gasteiger charge is -2.42. The Labute approximate surface area is 235 Å². The van der Waals surface area contributed by atoms with Gasteiger partial charge in [0.15, 0.2) is 5.82 Å². The molecular formula is C37H29N3. The third-order valence-corrected chi connectivity index (χ3v) is 7.92. The van der Waals surface area contributed by atoms with E-state index in [-0.39, 0.29) is 5.41 Å². The average molecular weight is 516 g/mol. The summed E-state index contributed by atoms with van der Waals surface area (Å²) in [4.78, 5) is 11.9. The Bertz CT molecular complexity index is 1790. The van der Waals surface area contributed by atoms with Gasteiger partial charge in [-0.1, -0.05) is 111 Å². The number of rotatable bonds is 4. The van der Waals surface area contributed by atoms with Gasteiger partial charge < -0.3 is 4.90 Å². The van der Waals surface area contributed by atoms with Crippen LogP contribution in [0.3, 0.4) is 0 Å². The molecule has 1 aliphatic heterocycles. The van der Waals surface area contributed by atoms with Gasteiger partial charge in [0.1, 0.15) is 0 Å². The van der Waals surface area contributed by atoms with Crippen molar-refractivity contribution in [1.29, 1.82) is 0 Å². The number of fused-ring (bicyclic) bond motifs is 2. The van der Waals surface area contributed by atoms with Crippen molar-refractivity contribution in [3.63, 3.8) is 0 Å². The maximum Gasteiger partial charge on any atom is 0.159 e. The topological polar surface area (TPSA) is 29.0 Å². The Kier molecular flexibility index (Phi) is 5.78. The normalized spacial score (nSPS) is 13.4. The molecule has 192 valence electrons. The van der Waals surface area contributed by atoms with Crippen molar-refractivity contribution in [2.45, 2.75) is 19.3 Å². The molecule has 0 aliphatic carbocycles. The van der Waals surface area contributed by atoms with E-state index in [1.165, 1.54) is 22.5 Å². The van der Waals surface area contributed by atoms with Gasteiger partial charge in [-0.3, -0.25) is 0 Å². The molecule has 0 fully saturated rings. The van der Waals surface area contributed by atoms with Crippen LogP contribution in [0.1, 0.15) is 25.0 Å². The summed E-state index contributed by atoms with van der Waals surface area (Å²) in [5, 5.41) is 0. The third kappa shape index (κ3) is 4.07. The fourth-order valence-electron chi connectivity index (χ4n) is 5.88. The molecule has 5 aromatic carbocycles. The van der Waals surface area contributed by atoms with Crippen molar-refractivity contribution in [2.75, 3.05) is 4.90 Å². The second-order valence-corrected chi connectivity index (χ2v) is 10.8. The monoisotopic (exact) mass is 515 g/mol. The largest absolute Gasteiger partial charge is 0.310 e. The third-order valence-electron chi connectivity index (χ3n) is 7.92. The van der Waals surface area contributed by atoms with Gasteiger partial charge >= 0.3 is 0 Å². The van der Waals surface area contributed by atoms with Crippen molar-refractivity contribution in [1.82, 2.24) is 9.97 Å². The van der Waals surface area contributed by atoms with E-state index in [1.54, 1.807) is 0 Å². The van der Waals surface area contributed by atoms with Crippen molar-refractivity contribution < 1.29 is 0 Å². The van der Waals surface area contributed by atoms with E-state index in [0.29, 0.717) is 0 Å². The first kappa shape index (κ1) is 24.1. The van der Waals surface area contributed by atoms with Crippen LogP contribution in [0.4, 0.5) is 17.1 Å². The minimum atomic E-state index is -0.0794. The zero-order valence-corrected chi connectivity index (χ0v) is 22.6. The van der Waals surface area contributed by atoms with E-state index in [2.05, 4.69) is 133 Å². The maximum absolute atomic E-state index is 4.88. The Hall–Kier alpha value is -5.02. The Morgan fingerprint density at radius 1 is 0.525 bits per heavy atom. The first-order valence-corrected chi connectivity index (χ1v) is 13.7. The summed E-state index contributed by atoms with van der Waals surface area (Å²) in [5.41, 5.74) is 11.5. The molecule has 3 nitrogen and oxygen atoms in total. The Morgan fingerprint density at radius 2 is 1.10 bits per heavy atom. The predicted molar refractivity (Wildman–Crippen MR) is 165 cm³/mol. The van der Waals surface area contributed by atoms with Crippen LogP contribution in [0.15, 0.2) is 140 Å². The number of benzene rings is 5. The Balaban J connectivity index is 1.30. The highest BCUT2D eigenvalue weighted by Gasteiger charge is 2.36. The first-order chi connectivity index (χ1) is 19.6. The van der Waals surface area contributed by atoms with Gasteiger partial charge in [-0.25, -0.2) is 9.97 Å². The molecular weight excluding hydrogens is 486 g/mol. The molecule has 0 radical (unpaired) electrons. The second-order valence-electron chi connectivity index (χ2n) is 10.8. The number of hydrogen-bond donors (Lipinski definition) is 0. The van der Waals surface area contributed by atoms with E-state index in [1.807, 2.05) is 30.5 Å². The molecule has 3 heteroatoms. The average Bonchev–Trinajstić information content (AvgIpc) is 3.02. The van der Waals surface area contributed by atoms with Gasteiger partial charge in [0.05, 0.1) is 17.1 Å². The quantitative estimate of drug-likeness (QED) is 0.234. The molecule has 1 aliphatic rings. The molecule has 0 unspecified atom stereocenters. The van der Waals surface area contributed by atoms with Gasteiger partial charge in [0.25, 0.3) is 0 Å². The summed E-state index contributed by atoms with van der Waals surface area (Å²) < 4.78 is 0. The van der Waals surface area contributed by atoms with Crippen LogP contribution in [0.25, 0.3) is 33.8 Å². The molecule has 0 atom stereocenters. The predicted octanol–water partition coefficient (Wildman–Crippen LogP) is 9.59. The van der Waals surface area contributed by atoms with Gasteiger partial charge in [-0.15, -0.1) is 0 Å². The smallest absolute Gasteiger partial charge is 0.159 e. The van der Waals surface area contributed by atoms with Crippen molar-refractivity contribution in [3.8, 4) is 33.8 Å². The molecule has 0 saturated heterocycles. The van der Waals surface area contributed by atoms with Crippen molar-refractivity contribution >= 4 is 17.1 Å². The van der Waals surface area contributed by atoms with E-state index in [9.17, 15) is 0 Å². The molecule has 6 aromatic rings. The van der Waals surface area contributed by atoms with Crippen LogP contribution in [-0.4, -0.2) is 9.97 Å². The maximum atomic E-state index is 4.88. The fraction of sp³-hybridized carbons (Fsp3) is 0.0811. The summed E-state index contributed by atoms with van der Waals surface area (Å²) in [6, 6.07) is 47.0. The lowest BCUT2D eigenvalue weighted by Crippen LogP contribution is -2.30.